The zero-order chi connectivity index (χ0) is 14.7. The van der Waals surface area contributed by atoms with Crippen LogP contribution in [0.5, 0.6) is 0 Å². The van der Waals surface area contributed by atoms with Crippen LogP contribution in [0.15, 0.2) is 36.8 Å². The molecule has 0 spiro atoms. The molecule has 9 heteroatoms. The number of nitrogens with zero attached hydrogens (tertiary/aromatic N) is 6. The molecule has 0 radical (unpaired) electrons. The molecule has 0 saturated carbocycles. The summed E-state index contributed by atoms with van der Waals surface area (Å²) < 4.78 is 1.45. The third-order valence-corrected chi connectivity index (χ3v) is 3.38. The Balaban J connectivity index is 1.82. The fourth-order valence-electron chi connectivity index (χ4n) is 1.62. The van der Waals surface area contributed by atoms with Gasteiger partial charge in [-0.2, -0.15) is 5.26 Å². The van der Waals surface area contributed by atoms with Gasteiger partial charge in [0, 0.05) is 5.56 Å². The quantitative estimate of drug-likeness (QED) is 0.779. The number of nitriles is 1. The fraction of sp³-hybridized carbons (Fsp3) is 0. The van der Waals surface area contributed by atoms with Gasteiger partial charge in [0.1, 0.15) is 17.3 Å². The van der Waals surface area contributed by atoms with E-state index in [1.807, 2.05) is 6.07 Å². The molecule has 2 aromatic heterocycles. The summed E-state index contributed by atoms with van der Waals surface area (Å²) in [6, 6.07) is 8.81. The van der Waals surface area contributed by atoms with Gasteiger partial charge >= 0.3 is 0 Å². The van der Waals surface area contributed by atoms with Gasteiger partial charge in [0.15, 0.2) is 5.13 Å². The Kier molecular flexibility index (Phi) is 3.36. The number of hydrogen-bond donors (Lipinski definition) is 1. The van der Waals surface area contributed by atoms with Gasteiger partial charge in [0.25, 0.3) is 5.91 Å². The lowest BCUT2D eigenvalue weighted by molar-refractivity contribution is 0.102. The lowest BCUT2D eigenvalue weighted by Gasteiger charge is -2.04. The first-order valence-corrected chi connectivity index (χ1v) is 6.58. The molecule has 0 bridgehead atoms. The topological polar surface area (TPSA) is 109 Å². The number of aromatic nitrogens is 5. The molecule has 8 nitrogen and oxygen atoms in total. The molecular weight excluding hydrogens is 290 g/mol. The van der Waals surface area contributed by atoms with E-state index in [1.165, 1.54) is 17.2 Å². The van der Waals surface area contributed by atoms with Gasteiger partial charge < -0.3 is 0 Å². The predicted octanol–water partition coefficient (Wildman–Crippen LogP) is 1.24. The Morgan fingerprint density at radius 2 is 2.33 bits per heavy atom. The van der Waals surface area contributed by atoms with Crippen molar-refractivity contribution in [3.63, 3.8) is 0 Å². The molecule has 3 aromatic rings. The normalized spacial score (nSPS) is 10.0. The summed E-state index contributed by atoms with van der Waals surface area (Å²) in [6.07, 6.45) is 2.86. The average Bonchev–Trinajstić information content (AvgIpc) is 3.18. The van der Waals surface area contributed by atoms with Crippen LogP contribution in [0.4, 0.5) is 5.13 Å². The van der Waals surface area contributed by atoms with Gasteiger partial charge in [-0.3, -0.25) is 10.1 Å². The van der Waals surface area contributed by atoms with Crippen LogP contribution in [0.3, 0.4) is 0 Å². The molecule has 0 aliphatic heterocycles. The smallest absolute Gasteiger partial charge is 0.257 e. The van der Waals surface area contributed by atoms with E-state index in [4.69, 9.17) is 5.26 Å². The second kappa shape index (κ2) is 5.48. The maximum Gasteiger partial charge on any atom is 0.257 e. The Morgan fingerprint density at radius 1 is 1.43 bits per heavy atom. The number of rotatable bonds is 3. The van der Waals surface area contributed by atoms with Crippen LogP contribution in [0.1, 0.15) is 15.2 Å². The van der Waals surface area contributed by atoms with Crippen LogP contribution >= 0.6 is 11.3 Å². The van der Waals surface area contributed by atoms with E-state index in [0.717, 1.165) is 11.3 Å². The largest absolute Gasteiger partial charge is 0.298 e. The standard InChI is InChI=1S/C12H7N7OS/c13-5-10-6-14-12(21-10)16-11(20)8-2-1-3-9(4-8)19-7-15-17-18-19/h1-4,6-7H,(H,14,16,20). The van der Waals surface area contributed by atoms with Crippen LogP contribution in [-0.2, 0) is 0 Å². The Bertz CT molecular complexity index is 818. The van der Waals surface area contributed by atoms with Crippen molar-refractivity contribution in [2.75, 3.05) is 5.32 Å². The summed E-state index contributed by atoms with van der Waals surface area (Å²) in [5, 5.41) is 22.6. The minimum Gasteiger partial charge on any atom is -0.298 e. The van der Waals surface area contributed by atoms with Crippen molar-refractivity contribution < 1.29 is 4.79 Å². The highest BCUT2D eigenvalue weighted by Gasteiger charge is 2.10. The van der Waals surface area contributed by atoms with Gasteiger partial charge in [0.2, 0.25) is 0 Å². The second-order valence-electron chi connectivity index (χ2n) is 3.90. The predicted molar refractivity (Wildman–Crippen MR) is 73.9 cm³/mol. The van der Waals surface area contributed by atoms with Gasteiger partial charge in [-0.05, 0) is 28.6 Å². The molecule has 1 aromatic carbocycles. The van der Waals surface area contributed by atoms with Gasteiger partial charge in [-0.1, -0.05) is 17.4 Å². The van der Waals surface area contributed by atoms with Crippen LogP contribution in [-0.4, -0.2) is 31.1 Å². The number of anilines is 1. The van der Waals surface area contributed by atoms with Gasteiger partial charge in [0.05, 0.1) is 11.9 Å². The number of carbonyl (C=O) groups excluding carboxylic acids is 1. The SMILES string of the molecule is N#Cc1cnc(NC(=O)c2cccc(-n3cnnn3)c2)s1. The number of tetrazole rings is 1. The third kappa shape index (κ3) is 2.75. The fourth-order valence-corrected chi connectivity index (χ4v) is 2.23. The highest BCUT2D eigenvalue weighted by atomic mass is 32.1. The van der Waals surface area contributed by atoms with Crippen molar-refractivity contribution in [1.82, 2.24) is 25.2 Å². The van der Waals surface area contributed by atoms with Crippen LogP contribution in [0, 0.1) is 11.3 Å². The minimum absolute atomic E-state index is 0.316. The molecule has 102 valence electrons. The van der Waals surface area contributed by atoms with Crippen molar-refractivity contribution in [2.24, 2.45) is 0 Å². The van der Waals surface area contributed by atoms with E-state index < -0.39 is 0 Å². The van der Waals surface area contributed by atoms with E-state index in [1.54, 1.807) is 24.3 Å². The first-order chi connectivity index (χ1) is 10.3. The van der Waals surface area contributed by atoms with Gasteiger partial charge in [-0.25, -0.2) is 9.67 Å². The van der Waals surface area contributed by atoms with E-state index in [0.29, 0.717) is 21.3 Å². The minimum atomic E-state index is -0.316. The van der Waals surface area contributed by atoms with Gasteiger partial charge in [-0.15, -0.1) is 5.10 Å². The van der Waals surface area contributed by atoms with Crippen molar-refractivity contribution in [1.29, 1.82) is 5.26 Å². The summed E-state index contributed by atoms with van der Waals surface area (Å²) in [5.74, 6) is -0.316. The van der Waals surface area contributed by atoms with Crippen molar-refractivity contribution in [3.8, 4) is 11.8 Å². The number of amides is 1. The zero-order valence-electron chi connectivity index (χ0n) is 10.5. The van der Waals surface area contributed by atoms with Crippen LogP contribution in [0.25, 0.3) is 5.69 Å². The number of thiazole rings is 1. The monoisotopic (exact) mass is 297 g/mol. The lowest BCUT2D eigenvalue weighted by atomic mass is 10.2. The van der Waals surface area contributed by atoms with Crippen molar-refractivity contribution >= 4 is 22.4 Å². The van der Waals surface area contributed by atoms with E-state index in [9.17, 15) is 4.79 Å². The Morgan fingerprint density at radius 3 is 3.05 bits per heavy atom. The van der Waals surface area contributed by atoms with Crippen LogP contribution < -0.4 is 5.32 Å². The summed E-state index contributed by atoms with van der Waals surface area (Å²) in [7, 11) is 0. The molecule has 1 N–H and O–H groups in total. The number of nitrogens with one attached hydrogen (secondary N) is 1. The molecule has 0 saturated heterocycles. The molecule has 3 rings (SSSR count). The summed E-state index contributed by atoms with van der Waals surface area (Å²) in [5.41, 5.74) is 1.11. The molecule has 0 unspecified atom stereocenters. The van der Waals surface area contributed by atoms with Crippen molar-refractivity contribution in [3.05, 3.63) is 47.2 Å². The Labute approximate surface area is 122 Å². The molecule has 2 heterocycles. The summed E-state index contributed by atoms with van der Waals surface area (Å²) in [4.78, 5) is 16.5. The van der Waals surface area contributed by atoms with E-state index in [2.05, 4.69) is 25.8 Å². The summed E-state index contributed by atoms with van der Waals surface area (Å²) in [6.45, 7) is 0. The maximum absolute atomic E-state index is 12.1. The first kappa shape index (κ1) is 12.9. The van der Waals surface area contributed by atoms with E-state index >= 15 is 0 Å². The highest BCUT2D eigenvalue weighted by molar-refractivity contribution is 7.16. The molecule has 21 heavy (non-hydrogen) atoms. The zero-order valence-corrected chi connectivity index (χ0v) is 11.3. The number of carbonyl (C=O) groups is 1. The molecule has 0 aliphatic carbocycles. The molecule has 0 aliphatic rings. The molecule has 0 fully saturated rings. The highest BCUT2D eigenvalue weighted by Crippen LogP contribution is 2.18. The molecule has 1 amide bonds. The summed E-state index contributed by atoms with van der Waals surface area (Å²) >= 11 is 1.12. The number of benzene rings is 1. The Hall–Kier alpha value is -3.12. The molecule has 0 atom stereocenters. The maximum atomic E-state index is 12.1. The lowest BCUT2D eigenvalue weighted by Crippen LogP contribution is -2.12. The van der Waals surface area contributed by atoms with Crippen molar-refractivity contribution in [2.45, 2.75) is 0 Å². The number of hydrogen-bond acceptors (Lipinski definition) is 7. The second-order valence-corrected chi connectivity index (χ2v) is 4.93. The third-order valence-electron chi connectivity index (χ3n) is 2.56. The van der Waals surface area contributed by atoms with Crippen LogP contribution in [0.2, 0.25) is 0 Å². The van der Waals surface area contributed by atoms with E-state index in [-0.39, 0.29) is 5.91 Å². The first-order valence-electron chi connectivity index (χ1n) is 5.77. The average molecular weight is 297 g/mol. The molecular formula is C12H7N7OS.